The van der Waals surface area contributed by atoms with Gasteiger partial charge in [0.2, 0.25) is 0 Å². The molecule has 0 unspecified atom stereocenters. The number of halogens is 1. The second-order valence-corrected chi connectivity index (χ2v) is 9.62. The van der Waals surface area contributed by atoms with Gasteiger partial charge in [0.05, 0.1) is 5.60 Å². The largest absolute Gasteiger partial charge is 0.385 e. The molecule has 0 aliphatic carbocycles. The van der Waals surface area contributed by atoms with Crippen molar-refractivity contribution in [3.8, 4) is 11.1 Å². The zero-order valence-corrected chi connectivity index (χ0v) is 21.2. The number of carbonyl (C=O) groups is 1. The third kappa shape index (κ3) is 7.03. The van der Waals surface area contributed by atoms with E-state index in [1.807, 2.05) is 49.2 Å². The van der Waals surface area contributed by atoms with Gasteiger partial charge in [0, 0.05) is 45.3 Å². The van der Waals surface area contributed by atoms with E-state index in [0.717, 1.165) is 42.4 Å². The van der Waals surface area contributed by atoms with Gasteiger partial charge in [-0.05, 0) is 74.9 Å². The van der Waals surface area contributed by atoms with E-state index in [1.54, 1.807) is 13.2 Å². The molecular weight excluding hydrogens is 445 g/mol. The highest BCUT2D eigenvalue weighted by Gasteiger charge is 2.42. The van der Waals surface area contributed by atoms with Gasteiger partial charge < -0.3 is 25.4 Å². The van der Waals surface area contributed by atoms with Crippen LogP contribution in [0, 0.1) is 11.7 Å². The van der Waals surface area contributed by atoms with E-state index in [1.165, 1.54) is 12.1 Å². The number of hydrogen-bond donors (Lipinski definition) is 3. The van der Waals surface area contributed by atoms with Crippen LogP contribution in [0.3, 0.4) is 0 Å². The monoisotopic (exact) mass is 485 g/mol. The molecule has 6 nitrogen and oxygen atoms in total. The Morgan fingerprint density at radius 2 is 2.06 bits per heavy atom. The molecule has 2 amide bonds. The Balaban J connectivity index is 1.92. The molecule has 7 heteroatoms. The zero-order valence-electron chi connectivity index (χ0n) is 21.2. The van der Waals surface area contributed by atoms with E-state index in [4.69, 9.17) is 4.74 Å². The molecule has 1 aliphatic rings. The Morgan fingerprint density at radius 1 is 1.26 bits per heavy atom. The highest BCUT2D eigenvalue weighted by atomic mass is 19.1. The predicted octanol–water partition coefficient (Wildman–Crippen LogP) is 4.53. The number of urea groups is 1. The average Bonchev–Trinajstić information content (AvgIpc) is 2.86. The summed E-state index contributed by atoms with van der Waals surface area (Å²) >= 11 is 0. The van der Waals surface area contributed by atoms with Crippen molar-refractivity contribution >= 4 is 6.03 Å². The summed E-state index contributed by atoms with van der Waals surface area (Å²) in [6.07, 6.45) is 3.79. The molecular formula is C28H40FN3O3. The van der Waals surface area contributed by atoms with Crippen molar-refractivity contribution in [3.05, 3.63) is 59.9 Å². The minimum absolute atomic E-state index is 0.00880. The van der Waals surface area contributed by atoms with Gasteiger partial charge in [-0.25, -0.2) is 9.18 Å². The number of methoxy groups -OCH3 is 1. The van der Waals surface area contributed by atoms with Gasteiger partial charge in [0.1, 0.15) is 5.82 Å². The number of nitrogens with one attached hydrogen (secondary N) is 2. The summed E-state index contributed by atoms with van der Waals surface area (Å²) < 4.78 is 19.3. The minimum atomic E-state index is -1.16. The number of ether oxygens (including phenoxy) is 1. The first-order chi connectivity index (χ1) is 16.9. The van der Waals surface area contributed by atoms with Crippen molar-refractivity contribution < 1.29 is 19.0 Å². The van der Waals surface area contributed by atoms with Crippen LogP contribution in [0.25, 0.3) is 11.1 Å². The van der Waals surface area contributed by atoms with Crippen LogP contribution >= 0.6 is 0 Å². The Labute approximate surface area is 208 Å². The molecule has 2 aromatic rings. The molecule has 1 heterocycles. The van der Waals surface area contributed by atoms with Crippen LogP contribution in [0.15, 0.2) is 48.5 Å². The van der Waals surface area contributed by atoms with E-state index >= 15 is 0 Å². The van der Waals surface area contributed by atoms with Crippen LogP contribution in [0.1, 0.15) is 44.6 Å². The van der Waals surface area contributed by atoms with Crippen LogP contribution in [-0.2, 0) is 10.3 Å². The highest BCUT2D eigenvalue weighted by molar-refractivity contribution is 5.74. The lowest BCUT2D eigenvalue weighted by atomic mass is 9.72. The summed E-state index contributed by atoms with van der Waals surface area (Å²) in [5.41, 5.74) is 1.19. The fourth-order valence-corrected chi connectivity index (χ4v) is 5.18. The van der Waals surface area contributed by atoms with Crippen molar-refractivity contribution in [2.24, 2.45) is 5.92 Å². The maximum absolute atomic E-state index is 14.1. The van der Waals surface area contributed by atoms with Crippen LogP contribution in [0.2, 0.25) is 0 Å². The lowest BCUT2D eigenvalue weighted by molar-refractivity contribution is -0.0559. The van der Waals surface area contributed by atoms with Crippen molar-refractivity contribution in [1.29, 1.82) is 0 Å². The van der Waals surface area contributed by atoms with E-state index in [2.05, 4.69) is 10.6 Å². The van der Waals surface area contributed by atoms with E-state index in [9.17, 15) is 14.3 Å². The van der Waals surface area contributed by atoms with Gasteiger partial charge in [-0.1, -0.05) is 36.4 Å². The van der Waals surface area contributed by atoms with Gasteiger partial charge in [-0.2, -0.15) is 0 Å². The SMILES string of the molecule is CNC[C@H](C)NC(=O)N1CCC[C@@H]([C@@](O)(CCCCOC)c2ccccc2-c2cccc(F)c2)C1. The first-order valence-electron chi connectivity index (χ1n) is 12.7. The summed E-state index contributed by atoms with van der Waals surface area (Å²) in [6.45, 7) is 4.42. The predicted molar refractivity (Wildman–Crippen MR) is 138 cm³/mol. The van der Waals surface area contributed by atoms with Crippen molar-refractivity contribution in [2.45, 2.75) is 50.7 Å². The Bertz CT molecular complexity index is 957. The van der Waals surface area contributed by atoms with Crippen molar-refractivity contribution in [2.75, 3.05) is 40.4 Å². The van der Waals surface area contributed by atoms with E-state index < -0.39 is 5.60 Å². The summed E-state index contributed by atoms with van der Waals surface area (Å²) in [4.78, 5) is 14.8. The van der Waals surface area contributed by atoms with E-state index in [-0.39, 0.29) is 23.8 Å². The second kappa shape index (κ2) is 13.0. The number of benzene rings is 2. The number of aliphatic hydroxyl groups is 1. The van der Waals surface area contributed by atoms with Gasteiger partial charge >= 0.3 is 6.03 Å². The maximum atomic E-state index is 14.1. The summed E-state index contributed by atoms with van der Waals surface area (Å²) in [5, 5.41) is 18.5. The number of unbranched alkanes of at least 4 members (excludes halogenated alkanes) is 1. The highest BCUT2D eigenvalue weighted by Crippen LogP contribution is 2.43. The molecule has 0 saturated carbocycles. The Morgan fingerprint density at radius 3 is 2.80 bits per heavy atom. The van der Waals surface area contributed by atoms with Crippen molar-refractivity contribution in [1.82, 2.24) is 15.5 Å². The molecule has 3 rings (SSSR count). The average molecular weight is 486 g/mol. The molecule has 0 spiro atoms. The first kappa shape index (κ1) is 27.1. The van der Waals surface area contributed by atoms with Gasteiger partial charge in [0.15, 0.2) is 0 Å². The second-order valence-electron chi connectivity index (χ2n) is 9.62. The lowest BCUT2D eigenvalue weighted by Gasteiger charge is -2.43. The van der Waals surface area contributed by atoms with Crippen LogP contribution in [-0.4, -0.2) is 62.5 Å². The fraction of sp³-hybridized carbons (Fsp3) is 0.536. The molecule has 0 radical (unpaired) electrons. The first-order valence-corrected chi connectivity index (χ1v) is 12.7. The number of piperidine rings is 1. The summed E-state index contributed by atoms with van der Waals surface area (Å²) in [6, 6.07) is 14.1. The molecule has 1 fully saturated rings. The molecule has 3 N–H and O–H groups in total. The van der Waals surface area contributed by atoms with Gasteiger partial charge in [0.25, 0.3) is 0 Å². The molecule has 1 aliphatic heterocycles. The van der Waals surface area contributed by atoms with Crippen LogP contribution in [0.5, 0.6) is 0 Å². The van der Waals surface area contributed by atoms with E-state index in [0.29, 0.717) is 32.7 Å². The minimum Gasteiger partial charge on any atom is -0.385 e. The normalized spacial score (nSPS) is 18.7. The molecule has 192 valence electrons. The fourth-order valence-electron chi connectivity index (χ4n) is 5.18. The molecule has 35 heavy (non-hydrogen) atoms. The molecule has 3 atom stereocenters. The van der Waals surface area contributed by atoms with Gasteiger partial charge in [-0.15, -0.1) is 0 Å². The third-order valence-corrected chi connectivity index (χ3v) is 6.95. The maximum Gasteiger partial charge on any atom is 0.317 e. The number of likely N-dealkylation sites (N-methyl/N-ethyl adjacent to an activating group) is 1. The number of carbonyl (C=O) groups excluding carboxylic acids is 1. The molecule has 2 aromatic carbocycles. The standard InChI is InChI=1S/C28H40FN3O3/c1-21(19-30-2)31-27(33)32-16-9-11-23(20-32)28(34,15-6-7-17-35-3)26-14-5-4-13-25(26)22-10-8-12-24(29)18-22/h4-5,8,10,12-14,18,21,23,30,34H,6-7,9,11,15-17,19-20H2,1-3H3,(H,31,33)/t21-,23+,28-/m0/s1. The number of hydrogen-bond acceptors (Lipinski definition) is 4. The number of likely N-dealkylation sites (tertiary alicyclic amines) is 1. The Kier molecular flexibility index (Phi) is 10.1. The van der Waals surface area contributed by atoms with Crippen molar-refractivity contribution in [3.63, 3.8) is 0 Å². The number of nitrogens with zero attached hydrogens (tertiary/aromatic N) is 1. The smallest absolute Gasteiger partial charge is 0.317 e. The van der Waals surface area contributed by atoms with Crippen LogP contribution in [0.4, 0.5) is 9.18 Å². The molecule has 1 saturated heterocycles. The zero-order chi connectivity index (χ0) is 25.3. The number of rotatable bonds is 11. The topological polar surface area (TPSA) is 73.8 Å². The van der Waals surface area contributed by atoms with Crippen LogP contribution < -0.4 is 10.6 Å². The Hall–Kier alpha value is -2.48. The molecule has 0 aromatic heterocycles. The third-order valence-electron chi connectivity index (χ3n) is 6.95. The summed E-state index contributed by atoms with van der Waals surface area (Å²) in [5.74, 6) is -0.448. The van der Waals surface area contributed by atoms with Gasteiger partial charge in [-0.3, -0.25) is 0 Å². The molecule has 0 bridgehead atoms. The number of amides is 2. The summed E-state index contributed by atoms with van der Waals surface area (Å²) in [7, 11) is 3.54. The quantitative estimate of drug-likeness (QED) is 0.409. The lowest BCUT2D eigenvalue weighted by Crippen LogP contribution is -2.53.